The molecular formula is C23H32O5. The summed E-state index contributed by atoms with van der Waals surface area (Å²) >= 11 is 0. The van der Waals surface area contributed by atoms with Crippen LogP contribution in [0.2, 0.25) is 0 Å². The number of rotatable bonds is 4. The monoisotopic (exact) mass is 388 g/mol. The Balaban J connectivity index is 1.46. The number of carbonyl (C=O) groups excluding carboxylic acids is 2. The van der Waals surface area contributed by atoms with Gasteiger partial charge in [0.15, 0.2) is 0 Å². The van der Waals surface area contributed by atoms with Gasteiger partial charge in [0.05, 0.1) is 12.8 Å². The first-order valence-electron chi connectivity index (χ1n) is 10.9. The Morgan fingerprint density at radius 1 is 1.11 bits per heavy atom. The number of allylic oxidation sites excluding steroid dienone is 1. The van der Waals surface area contributed by atoms with Gasteiger partial charge in [-0.3, -0.25) is 14.4 Å². The number of ether oxygens (including phenoxy) is 1. The highest BCUT2D eigenvalue weighted by molar-refractivity contribution is 5.87. The third-order valence-corrected chi connectivity index (χ3v) is 8.61. The molecule has 0 saturated heterocycles. The minimum atomic E-state index is -0.969. The van der Waals surface area contributed by atoms with E-state index in [4.69, 9.17) is 9.84 Å². The van der Waals surface area contributed by atoms with Crippen LogP contribution >= 0.6 is 0 Å². The summed E-state index contributed by atoms with van der Waals surface area (Å²) in [6.07, 6.45) is 9.66. The van der Waals surface area contributed by atoms with Crippen LogP contribution in [0.4, 0.5) is 0 Å². The number of Topliss-reactive ketones (excluding diaryl/α,β-unsaturated/α-hetero) is 1. The van der Waals surface area contributed by atoms with E-state index >= 15 is 0 Å². The molecule has 0 bridgehead atoms. The zero-order valence-electron chi connectivity index (χ0n) is 17.0. The molecular weight excluding hydrogens is 356 g/mol. The summed E-state index contributed by atoms with van der Waals surface area (Å²) in [4.78, 5) is 35.1. The van der Waals surface area contributed by atoms with Crippen molar-refractivity contribution in [3.05, 3.63) is 11.6 Å². The van der Waals surface area contributed by atoms with E-state index in [0.29, 0.717) is 23.5 Å². The zero-order valence-corrected chi connectivity index (χ0v) is 17.0. The molecule has 6 atom stereocenters. The maximum atomic E-state index is 12.5. The Morgan fingerprint density at radius 3 is 2.57 bits per heavy atom. The third-order valence-electron chi connectivity index (χ3n) is 8.61. The van der Waals surface area contributed by atoms with Crippen molar-refractivity contribution in [1.82, 2.24) is 0 Å². The molecule has 0 aromatic carbocycles. The second-order valence-corrected chi connectivity index (χ2v) is 9.93. The summed E-state index contributed by atoms with van der Waals surface area (Å²) in [7, 11) is 0. The lowest BCUT2D eigenvalue weighted by atomic mass is 9.48. The van der Waals surface area contributed by atoms with Crippen LogP contribution in [0, 0.1) is 28.6 Å². The minimum absolute atomic E-state index is 0.0544. The van der Waals surface area contributed by atoms with E-state index in [1.807, 2.05) is 0 Å². The van der Waals surface area contributed by atoms with Gasteiger partial charge in [0.2, 0.25) is 0 Å². The lowest BCUT2D eigenvalue weighted by Gasteiger charge is -2.56. The summed E-state index contributed by atoms with van der Waals surface area (Å²) < 4.78 is 5.58. The summed E-state index contributed by atoms with van der Waals surface area (Å²) in [5.74, 6) is 0.869. The number of hydrogen-bond acceptors (Lipinski definition) is 4. The number of esters is 1. The van der Waals surface area contributed by atoms with Crippen molar-refractivity contribution in [2.75, 3.05) is 0 Å². The van der Waals surface area contributed by atoms with Gasteiger partial charge in [-0.1, -0.05) is 25.5 Å². The van der Waals surface area contributed by atoms with Crippen molar-refractivity contribution in [3.63, 3.8) is 0 Å². The van der Waals surface area contributed by atoms with Crippen molar-refractivity contribution < 1.29 is 24.2 Å². The van der Waals surface area contributed by atoms with Crippen LogP contribution in [0.5, 0.6) is 0 Å². The van der Waals surface area contributed by atoms with Gasteiger partial charge in [-0.05, 0) is 61.7 Å². The zero-order chi connectivity index (χ0) is 20.1. The Hall–Kier alpha value is -1.65. The molecule has 4 rings (SSSR count). The van der Waals surface area contributed by atoms with E-state index in [1.165, 1.54) is 5.57 Å². The van der Waals surface area contributed by atoms with Crippen LogP contribution in [0.3, 0.4) is 0 Å². The molecule has 0 spiro atoms. The molecule has 0 amide bonds. The molecule has 0 aliphatic heterocycles. The van der Waals surface area contributed by atoms with E-state index in [-0.39, 0.29) is 29.8 Å². The van der Waals surface area contributed by atoms with Crippen molar-refractivity contribution in [3.8, 4) is 0 Å². The number of carboxylic acid groups (broad SMARTS) is 1. The van der Waals surface area contributed by atoms with Crippen molar-refractivity contribution in [2.24, 2.45) is 28.6 Å². The average molecular weight is 389 g/mol. The van der Waals surface area contributed by atoms with Gasteiger partial charge in [-0.25, -0.2) is 0 Å². The summed E-state index contributed by atoms with van der Waals surface area (Å²) in [5.41, 5.74) is 1.48. The molecule has 4 aliphatic rings. The third kappa shape index (κ3) is 3.11. The summed E-state index contributed by atoms with van der Waals surface area (Å²) in [6.45, 7) is 4.59. The predicted octanol–water partition coefficient (Wildman–Crippen LogP) is 4.29. The van der Waals surface area contributed by atoms with Crippen molar-refractivity contribution >= 4 is 17.7 Å². The normalized spacial score (nSPS) is 42.1. The molecule has 0 unspecified atom stereocenters. The van der Waals surface area contributed by atoms with Crippen LogP contribution in [0.25, 0.3) is 0 Å². The van der Waals surface area contributed by atoms with Gasteiger partial charge in [0, 0.05) is 18.3 Å². The Morgan fingerprint density at radius 2 is 1.82 bits per heavy atom. The molecule has 0 heterocycles. The molecule has 4 aliphatic carbocycles. The van der Waals surface area contributed by atoms with Gasteiger partial charge < -0.3 is 9.84 Å². The number of fused-ring (bicyclic) bond motifs is 5. The molecule has 5 nitrogen and oxygen atoms in total. The fourth-order valence-corrected chi connectivity index (χ4v) is 6.95. The number of carboxylic acids is 1. The van der Waals surface area contributed by atoms with Crippen LogP contribution in [0.1, 0.15) is 78.1 Å². The smallest absolute Gasteiger partial charge is 0.306 e. The van der Waals surface area contributed by atoms with Crippen LogP contribution < -0.4 is 0 Å². The van der Waals surface area contributed by atoms with Gasteiger partial charge in [-0.2, -0.15) is 0 Å². The summed E-state index contributed by atoms with van der Waals surface area (Å²) in [5, 5.41) is 8.73. The fraction of sp³-hybridized carbons (Fsp3) is 0.783. The largest absolute Gasteiger partial charge is 0.481 e. The first kappa shape index (κ1) is 19.7. The van der Waals surface area contributed by atoms with E-state index in [0.717, 1.165) is 51.4 Å². The first-order chi connectivity index (χ1) is 13.2. The van der Waals surface area contributed by atoms with Crippen LogP contribution in [-0.2, 0) is 19.1 Å². The fourth-order valence-electron chi connectivity index (χ4n) is 6.95. The second kappa shape index (κ2) is 7.00. The van der Waals surface area contributed by atoms with Crippen LogP contribution in [-0.4, -0.2) is 28.9 Å². The van der Waals surface area contributed by atoms with E-state index in [1.54, 1.807) is 0 Å². The maximum Gasteiger partial charge on any atom is 0.306 e. The highest BCUT2D eigenvalue weighted by Crippen LogP contribution is 2.64. The van der Waals surface area contributed by atoms with Crippen molar-refractivity contribution in [1.29, 1.82) is 0 Å². The lowest BCUT2D eigenvalue weighted by molar-refractivity contribution is -0.154. The molecule has 5 heteroatoms. The van der Waals surface area contributed by atoms with Gasteiger partial charge >= 0.3 is 11.9 Å². The maximum absolute atomic E-state index is 12.5. The van der Waals surface area contributed by atoms with Gasteiger partial charge in [0.1, 0.15) is 11.9 Å². The first-order valence-corrected chi connectivity index (χ1v) is 10.9. The Labute approximate surface area is 166 Å². The molecule has 0 aromatic rings. The molecule has 28 heavy (non-hydrogen) atoms. The number of carbonyl (C=O) groups is 3. The Kier molecular flexibility index (Phi) is 4.91. The standard InChI is InChI=1S/C23H32O5/c1-22-11-9-15(28-21(27)8-7-20(25)26)13-14(22)3-4-16-17-5-6-19(24)23(17,2)12-10-18(16)22/h3,15-18H,4-13H2,1-2H3,(H,25,26)/t15-,16-,17+,18-,22+,23+/m1/s1. The highest BCUT2D eigenvalue weighted by atomic mass is 16.5. The molecule has 3 fully saturated rings. The SMILES string of the molecule is C[C@]12CC[C@@H](OC(=O)CCC(=O)O)CC1=CC[C@H]1[C@H]2CC[C@]2(C)C(=O)CC[C@@H]12. The van der Waals surface area contributed by atoms with Gasteiger partial charge in [0.25, 0.3) is 0 Å². The highest BCUT2D eigenvalue weighted by Gasteiger charge is 2.58. The van der Waals surface area contributed by atoms with E-state index < -0.39 is 11.9 Å². The second-order valence-electron chi connectivity index (χ2n) is 9.93. The minimum Gasteiger partial charge on any atom is -0.481 e. The van der Waals surface area contributed by atoms with Crippen LogP contribution in [0.15, 0.2) is 11.6 Å². The molecule has 3 saturated carbocycles. The van der Waals surface area contributed by atoms with Gasteiger partial charge in [-0.15, -0.1) is 0 Å². The van der Waals surface area contributed by atoms with E-state index in [9.17, 15) is 14.4 Å². The quantitative estimate of drug-likeness (QED) is 0.574. The number of aliphatic carboxylic acids is 1. The molecule has 0 radical (unpaired) electrons. The topological polar surface area (TPSA) is 80.7 Å². The molecule has 0 aromatic heterocycles. The van der Waals surface area contributed by atoms with E-state index in [2.05, 4.69) is 19.9 Å². The average Bonchev–Trinajstić information content (AvgIpc) is 2.95. The number of ketones is 1. The molecule has 154 valence electrons. The molecule has 1 N–H and O–H groups in total. The lowest BCUT2D eigenvalue weighted by Crippen LogP contribution is -2.50. The predicted molar refractivity (Wildman–Crippen MR) is 103 cm³/mol. The Bertz CT molecular complexity index is 725. The summed E-state index contributed by atoms with van der Waals surface area (Å²) in [6, 6.07) is 0. The number of hydrogen-bond donors (Lipinski definition) is 1. The van der Waals surface area contributed by atoms with Crippen molar-refractivity contribution in [2.45, 2.75) is 84.2 Å².